The lowest BCUT2D eigenvalue weighted by Gasteiger charge is -2.26. The molecule has 2 aromatic carbocycles. The molecule has 33 heavy (non-hydrogen) atoms. The van der Waals surface area contributed by atoms with E-state index < -0.39 is 12.2 Å². The number of ether oxygens (including phenoxy) is 3. The molecule has 2 aromatic rings. The first-order chi connectivity index (χ1) is 15.9. The number of unbranched alkanes of at least 4 members (excludes halogenated alkanes) is 1. The number of hydrogen-bond acceptors (Lipinski definition) is 6. The first kappa shape index (κ1) is 28.1. The fraction of sp³-hybridized carbons (Fsp3) is 0.520. The van der Waals surface area contributed by atoms with Gasteiger partial charge in [0.05, 0.1) is 19.1 Å². The zero-order valence-electron chi connectivity index (χ0n) is 19.2. The number of halogens is 2. The lowest BCUT2D eigenvalue weighted by molar-refractivity contribution is 0.0107. The smallest absolute Gasteiger partial charge is 0.119 e. The third kappa shape index (κ3) is 9.96. The van der Waals surface area contributed by atoms with Crippen LogP contribution in [0.3, 0.4) is 0 Å². The maximum absolute atomic E-state index is 10.0. The summed E-state index contributed by atoms with van der Waals surface area (Å²) >= 11 is 7.48. The zero-order chi connectivity index (χ0) is 24.1. The third-order valence-electron chi connectivity index (χ3n) is 5.29. The molecule has 0 saturated heterocycles. The number of rotatable bonds is 16. The second-order valence-corrected chi connectivity index (χ2v) is 9.28. The van der Waals surface area contributed by atoms with Gasteiger partial charge in [0.1, 0.15) is 59.9 Å². The van der Waals surface area contributed by atoms with E-state index in [-0.39, 0.29) is 31.1 Å². The monoisotopic (exact) mass is 592 g/mol. The molecule has 0 spiro atoms. The van der Waals surface area contributed by atoms with E-state index in [1.807, 2.05) is 71.5 Å². The van der Waals surface area contributed by atoms with Crippen molar-refractivity contribution in [1.29, 1.82) is 0 Å². The molecule has 2 rings (SSSR count). The molecule has 0 bridgehead atoms. The third-order valence-corrected chi connectivity index (χ3v) is 6.08. The molecule has 8 heteroatoms. The minimum atomic E-state index is -0.678. The van der Waals surface area contributed by atoms with Gasteiger partial charge in [-0.2, -0.15) is 0 Å². The van der Waals surface area contributed by atoms with Crippen molar-refractivity contribution in [1.82, 2.24) is 0 Å². The number of alkyl halides is 1. The zero-order valence-corrected chi connectivity index (χ0v) is 22.1. The van der Waals surface area contributed by atoms with Gasteiger partial charge in [-0.05, 0) is 48.2 Å². The molecular formula is C25H34ClIO6. The van der Waals surface area contributed by atoms with Crippen molar-refractivity contribution in [2.75, 3.05) is 38.9 Å². The van der Waals surface area contributed by atoms with Crippen molar-refractivity contribution in [2.45, 2.75) is 44.3 Å². The molecule has 2 atom stereocenters. The van der Waals surface area contributed by atoms with Crippen LogP contribution >= 0.6 is 34.6 Å². The molecule has 0 amide bonds. The lowest BCUT2D eigenvalue weighted by Crippen LogP contribution is -2.24. The Bertz CT molecular complexity index is 784. The molecule has 0 heterocycles. The van der Waals surface area contributed by atoms with Crippen LogP contribution in [0.4, 0.5) is 0 Å². The minimum absolute atomic E-state index is 0.146. The summed E-state index contributed by atoms with van der Waals surface area (Å²) in [5.74, 6) is 1.54. The Hall–Kier alpha value is -1.10. The number of aliphatic hydroxyl groups excluding tert-OH is 2. The molecule has 2 N–H and O–H groups in total. The van der Waals surface area contributed by atoms with Crippen LogP contribution in [0.25, 0.3) is 0 Å². The fourth-order valence-electron chi connectivity index (χ4n) is 3.16. The summed E-state index contributed by atoms with van der Waals surface area (Å²) in [6.45, 7) is 6.22. The molecule has 0 fully saturated rings. The van der Waals surface area contributed by atoms with E-state index in [0.717, 1.165) is 24.0 Å². The fourth-order valence-corrected chi connectivity index (χ4v) is 3.56. The summed E-state index contributed by atoms with van der Waals surface area (Å²) in [5.41, 5.74) is 2.06. The van der Waals surface area contributed by atoms with Crippen LogP contribution in [-0.2, 0) is 13.2 Å². The van der Waals surface area contributed by atoms with Gasteiger partial charge in [0, 0.05) is 12.0 Å². The quantitative estimate of drug-likeness (QED) is 0.164. The predicted molar refractivity (Wildman–Crippen MR) is 139 cm³/mol. The van der Waals surface area contributed by atoms with Gasteiger partial charge in [-0.1, -0.05) is 38.1 Å². The van der Waals surface area contributed by atoms with E-state index in [0.29, 0.717) is 24.7 Å². The molecule has 0 unspecified atom stereocenters. The van der Waals surface area contributed by atoms with Crippen LogP contribution in [-0.4, -0.2) is 61.3 Å². The molecule has 0 radical (unpaired) electrons. The van der Waals surface area contributed by atoms with Crippen LogP contribution in [0.2, 0.25) is 0 Å². The first-order valence-electron chi connectivity index (χ1n) is 11.1. The van der Waals surface area contributed by atoms with Gasteiger partial charge in [-0.25, -0.2) is 0 Å². The van der Waals surface area contributed by atoms with Crippen LogP contribution in [0.15, 0.2) is 48.5 Å². The Morgan fingerprint density at radius 2 is 1.27 bits per heavy atom. The molecule has 6 nitrogen and oxygen atoms in total. The van der Waals surface area contributed by atoms with Crippen molar-refractivity contribution in [3.05, 3.63) is 59.7 Å². The van der Waals surface area contributed by atoms with Crippen LogP contribution in [0.5, 0.6) is 11.5 Å². The van der Waals surface area contributed by atoms with Gasteiger partial charge < -0.3 is 27.5 Å². The summed E-state index contributed by atoms with van der Waals surface area (Å²) in [4.78, 5) is 0. The predicted octanol–water partition coefficient (Wildman–Crippen LogP) is 4.89. The Labute approximate surface area is 215 Å². The topological polar surface area (TPSA) is 77.4 Å². The Kier molecular flexibility index (Phi) is 12.8. The van der Waals surface area contributed by atoms with Crippen LogP contribution < -0.4 is 9.47 Å². The van der Waals surface area contributed by atoms with Gasteiger partial charge in [-0.15, -0.1) is 11.6 Å². The SMILES string of the molecule is CC(C)(c1ccc(OC[C@H](O)CCl)cc1)c1ccc(OC[C@@H](O)COCCCCOI)cc1. The van der Waals surface area contributed by atoms with Crippen molar-refractivity contribution >= 4 is 34.6 Å². The molecular weight excluding hydrogens is 559 g/mol. The van der Waals surface area contributed by atoms with E-state index in [4.69, 9.17) is 28.9 Å². The molecule has 0 aliphatic carbocycles. The van der Waals surface area contributed by atoms with Crippen molar-refractivity contribution in [2.24, 2.45) is 0 Å². The van der Waals surface area contributed by atoms with Gasteiger partial charge in [0.15, 0.2) is 0 Å². The Morgan fingerprint density at radius 1 is 0.788 bits per heavy atom. The van der Waals surface area contributed by atoms with E-state index >= 15 is 0 Å². The number of aliphatic hydroxyl groups is 2. The largest absolute Gasteiger partial charge is 0.491 e. The Morgan fingerprint density at radius 3 is 1.76 bits per heavy atom. The highest BCUT2D eigenvalue weighted by atomic mass is 127. The number of benzene rings is 2. The van der Waals surface area contributed by atoms with Crippen molar-refractivity contribution in [3.8, 4) is 11.5 Å². The van der Waals surface area contributed by atoms with Crippen LogP contribution in [0.1, 0.15) is 37.8 Å². The minimum Gasteiger partial charge on any atom is -0.491 e. The summed E-state index contributed by atoms with van der Waals surface area (Å²) in [5, 5.41) is 19.6. The maximum Gasteiger partial charge on any atom is 0.119 e. The highest BCUT2D eigenvalue weighted by Gasteiger charge is 2.23. The van der Waals surface area contributed by atoms with Crippen LogP contribution in [0, 0.1) is 0 Å². The average Bonchev–Trinajstić information content (AvgIpc) is 2.83. The van der Waals surface area contributed by atoms with Gasteiger partial charge in [0.25, 0.3) is 0 Å². The van der Waals surface area contributed by atoms with Gasteiger partial charge in [0.2, 0.25) is 0 Å². The molecule has 0 aliphatic rings. The van der Waals surface area contributed by atoms with Gasteiger partial charge >= 0.3 is 0 Å². The van der Waals surface area contributed by atoms with E-state index in [2.05, 4.69) is 13.8 Å². The summed E-state index contributed by atoms with van der Waals surface area (Å²) in [6, 6.07) is 15.8. The molecule has 0 saturated carbocycles. The van der Waals surface area contributed by atoms with E-state index in [9.17, 15) is 10.2 Å². The first-order valence-corrected chi connectivity index (χ1v) is 12.5. The lowest BCUT2D eigenvalue weighted by atomic mass is 9.78. The average molecular weight is 593 g/mol. The molecule has 0 aromatic heterocycles. The van der Waals surface area contributed by atoms with Crippen molar-refractivity contribution < 1.29 is 27.5 Å². The second kappa shape index (κ2) is 15.0. The summed E-state index contributed by atoms with van der Waals surface area (Å²) < 4.78 is 21.7. The molecule has 184 valence electrons. The normalized spacial score (nSPS) is 13.5. The standard InChI is InChI=1S/C25H34ClIO6/c1-25(2,19-5-9-23(10-6-19)31-17-21(28)15-26)20-7-11-24(12-8-20)32-18-22(29)16-30-13-3-4-14-33-27/h5-12,21-22,28-29H,3-4,13-18H2,1-2H3/t21-,22+/m1/s1. The van der Waals surface area contributed by atoms with Gasteiger partial charge in [-0.3, -0.25) is 0 Å². The molecule has 0 aliphatic heterocycles. The Balaban J connectivity index is 1.82. The summed E-state index contributed by atoms with van der Waals surface area (Å²) in [7, 11) is 0. The highest BCUT2D eigenvalue weighted by molar-refractivity contribution is 14.1. The summed E-state index contributed by atoms with van der Waals surface area (Å²) in [6.07, 6.45) is 0.492. The number of hydrogen-bond donors (Lipinski definition) is 2. The maximum atomic E-state index is 10.0. The van der Waals surface area contributed by atoms with E-state index in [1.54, 1.807) is 0 Å². The highest BCUT2D eigenvalue weighted by Crippen LogP contribution is 2.33. The second-order valence-electron chi connectivity index (χ2n) is 8.35. The van der Waals surface area contributed by atoms with E-state index in [1.165, 1.54) is 0 Å². The van der Waals surface area contributed by atoms with Crippen molar-refractivity contribution in [3.63, 3.8) is 0 Å².